The molecule has 0 spiro atoms. The van der Waals surface area contributed by atoms with Crippen molar-refractivity contribution in [2.45, 2.75) is 33.2 Å². The Hall–Kier alpha value is -2.29. The first-order valence-electron chi connectivity index (χ1n) is 7.32. The Bertz CT molecular complexity index is 605. The van der Waals surface area contributed by atoms with Crippen LogP contribution in [-0.4, -0.2) is 11.9 Å². The molecular formula is C18H22N2O. The average Bonchev–Trinajstić information content (AvgIpc) is 2.50. The van der Waals surface area contributed by atoms with Gasteiger partial charge in [-0.15, -0.1) is 0 Å². The van der Waals surface area contributed by atoms with Gasteiger partial charge < -0.3 is 10.6 Å². The van der Waals surface area contributed by atoms with Crippen molar-refractivity contribution in [3.05, 3.63) is 59.7 Å². The molecule has 2 rings (SSSR count). The molecule has 2 aromatic carbocycles. The minimum Gasteiger partial charge on any atom is -0.374 e. The zero-order valence-corrected chi connectivity index (χ0v) is 12.8. The summed E-state index contributed by atoms with van der Waals surface area (Å²) in [5, 5.41) is 6.21. The third-order valence-corrected chi connectivity index (χ3v) is 3.48. The summed E-state index contributed by atoms with van der Waals surface area (Å²) < 4.78 is 0. The molecule has 0 heterocycles. The summed E-state index contributed by atoms with van der Waals surface area (Å²) in [6.07, 6.45) is 0.940. The molecule has 1 amide bonds. The topological polar surface area (TPSA) is 41.1 Å². The fourth-order valence-electron chi connectivity index (χ4n) is 2.16. The summed E-state index contributed by atoms with van der Waals surface area (Å²) >= 11 is 0. The first kappa shape index (κ1) is 15.1. The molecule has 0 unspecified atom stereocenters. The highest BCUT2D eigenvalue weighted by molar-refractivity contribution is 5.96. The number of carbonyl (C=O) groups excluding carboxylic acids is 1. The van der Waals surface area contributed by atoms with E-state index in [4.69, 9.17) is 0 Å². The van der Waals surface area contributed by atoms with E-state index in [0.717, 1.165) is 17.8 Å². The standard InChI is InChI=1S/C18H22N2O/c1-4-15-7-5-6-8-17(15)19-14(3)18(21)20-16-11-9-13(2)10-12-16/h5-12,14,19H,4H2,1-3H3,(H,20,21)/t14-/m0/s1. The van der Waals surface area contributed by atoms with Gasteiger partial charge in [-0.2, -0.15) is 0 Å². The molecule has 1 atom stereocenters. The van der Waals surface area contributed by atoms with E-state index < -0.39 is 0 Å². The van der Waals surface area contributed by atoms with Crippen LogP contribution in [0.15, 0.2) is 48.5 Å². The van der Waals surface area contributed by atoms with Crippen molar-refractivity contribution in [1.29, 1.82) is 0 Å². The molecule has 0 saturated heterocycles. The van der Waals surface area contributed by atoms with Crippen LogP contribution in [-0.2, 0) is 11.2 Å². The van der Waals surface area contributed by atoms with Gasteiger partial charge in [0, 0.05) is 11.4 Å². The highest BCUT2D eigenvalue weighted by Crippen LogP contribution is 2.17. The molecular weight excluding hydrogens is 260 g/mol. The summed E-state index contributed by atoms with van der Waals surface area (Å²) in [6, 6.07) is 15.6. The fraction of sp³-hybridized carbons (Fsp3) is 0.278. The van der Waals surface area contributed by atoms with Gasteiger partial charge >= 0.3 is 0 Å². The maximum atomic E-state index is 12.2. The van der Waals surface area contributed by atoms with E-state index in [0.29, 0.717) is 0 Å². The van der Waals surface area contributed by atoms with Crippen molar-refractivity contribution in [1.82, 2.24) is 0 Å². The lowest BCUT2D eigenvalue weighted by molar-refractivity contribution is -0.116. The molecule has 0 aliphatic rings. The molecule has 0 aliphatic heterocycles. The van der Waals surface area contributed by atoms with Gasteiger partial charge in [0.25, 0.3) is 0 Å². The predicted octanol–water partition coefficient (Wildman–Crippen LogP) is 4.00. The van der Waals surface area contributed by atoms with E-state index in [1.54, 1.807) is 0 Å². The van der Waals surface area contributed by atoms with Gasteiger partial charge in [0.15, 0.2) is 0 Å². The van der Waals surface area contributed by atoms with E-state index in [1.165, 1.54) is 11.1 Å². The van der Waals surface area contributed by atoms with E-state index in [9.17, 15) is 4.79 Å². The molecule has 0 aromatic heterocycles. The number of nitrogens with one attached hydrogen (secondary N) is 2. The lowest BCUT2D eigenvalue weighted by atomic mass is 10.1. The zero-order chi connectivity index (χ0) is 15.2. The predicted molar refractivity (Wildman–Crippen MR) is 88.7 cm³/mol. The lowest BCUT2D eigenvalue weighted by Gasteiger charge is -2.17. The van der Waals surface area contributed by atoms with Crippen LogP contribution in [0.25, 0.3) is 0 Å². The quantitative estimate of drug-likeness (QED) is 0.870. The molecule has 0 bridgehead atoms. The van der Waals surface area contributed by atoms with E-state index in [-0.39, 0.29) is 11.9 Å². The molecule has 3 nitrogen and oxygen atoms in total. The van der Waals surface area contributed by atoms with Gasteiger partial charge in [-0.25, -0.2) is 0 Å². The van der Waals surface area contributed by atoms with Gasteiger partial charge in [-0.1, -0.05) is 42.8 Å². The highest BCUT2D eigenvalue weighted by atomic mass is 16.2. The van der Waals surface area contributed by atoms with Crippen LogP contribution in [0.1, 0.15) is 25.0 Å². The molecule has 3 heteroatoms. The highest BCUT2D eigenvalue weighted by Gasteiger charge is 2.13. The molecule has 0 fully saturated rings. The van der Waals surface area contributed by atoms with E-state index in [1.807, 2.05) is 56.3 Å². The van der Waals surface area contributed by atoms with Crippen LogP contribution in [0.4, 0.5) is 11.4 Å². The minimum absolute atomic E-state index is 0.0373. The summed E-state index contributed by atoms with van der Waals surface area (Å²) in [5.74, 6) is -0.0373. The first-order chi connectivity index (χ1) is 10.1. The minimum atomic E-state index is -0.293. The Balaban J connectivity index is 2.01. The Morgan fingerprint density at radius 2 is 1.76 bits per heavy atom. The normalized spacial score (nSPS) is 11.8. The first-order valence-corrected chi connectivity index (χ1v) is 7.32. The van der Waals surface area contributed by atoms with Crippen molar-refractivity contribution in [2.75, 3.05) is 10.6 Å². The second-order valence-corrected chi connectivity index (χ2v) is 5.23. The number of anilines is 2. The van der Waals surface area contributed by atoms with Crippen LogP contribution in [0.5, 0.6) is 0 Å². The summed E-state index contributed by atoms with van der Waals surface area (Å²) in [5.41, 5.74) is 4.23. The molecule has 21 heavy (non-hydrogen) atoms. The Kier molecular flexibility index (Phi) is 4.99. The number of hydrogen-bond donors (Lipinski definition) is 2. The third kappa shape index (κ3) is 4.09. The summed E-state index contributed by atoms with van der Waals surface area (Å²) in [7, 11) is 0. The zero-order valence-electron chi connectivity index (χ0n) is 12.8. The molecule has 110 valence electrons. The van der Waals surface area contributed by atoms with Crippen LogP contribution >= 0.6 is 0 Å². The second kappa shape index (κ2) is 6.93. The second-order valence-electron chi connectivity index (χ2n) is 5.23. The monoisotopic (exact) mass is 282 g/mol. The lowest BCUT2D eigenvalue weighted by Crippen LogP contribution is -2.32. The summed E-state index contributed by atoms with van der Waals surface area (Å²) in [6.45, 7) is 6.00. The number of amides is 1. The summed E-state index contributed by atoms with van der Waals surface area (Å²) in [4.78, 5) is 12.2. The van der Waals surface area contributed by atoms with Gasteiger partial charge in [-0.3, -0.25) is 4.79 Å². The number of para-hydroxylation sites is 1. The van der Waals surface area contributed by atoms with Crippen molar-refractivity contribution < 1.29 is 4.79 Å². The van der Waals surface area contributed by atoms with Crippen molar-refractivity contribution in [3.8, 4) is 0 Å². The number of benzene rings is 2. The maximum absolute atomic E-state index is 12.2. The van der Waals surface area contributed by atoms with Crippen molar-refractivity contribution >= 4 is 17.3 Å². The van der Waals surface area contributed by atoms with Gasteiger partial charge in [-0.05, 0) is 44.0 Å². The van der Waals surface area contributed by atoms with Crippen molar-refractivity contribution in [2.24, 2.45) is 0 Å². The fourth-order valence-corrected chi connectivity index (χ4v) is 2.16. The molecule has 2 aromatic rings. The molecule has 0 radical (unpaired) electrons. The van der Waals surface area contributed by atoms with E-state index >= 15 is 0 Å². The average molecular weight is 282 g/mol. The Labute approximate surface area is 126 Å². The SMILES string of the molecule is CCc1ccccc1N[C@@H](C)C(=O)Nc1ccc(C)cc1. The smallest absolute Gasteiger partial charge is 0.246 e. The Morgan fingerprint density at radius 3 is 2.43 bits per heavy atom. The van der Waals surface area contributed by atoms with Crippen LogP contribution in [0.3, 0.4) is 0 Å². The third-order valence-electron chi connectivity index (χ3n) is 3.48. The van der Waals surface area contributed by atoms with Crippen LogP contribution in [0.2, 0.25) is 0 Å². The van der Waals surface area contributed by atoms with Gasteiger partial charge in [0.05, 0.1) is 0 Å². The largest absolute Gasteiger partial charge is 0.374 e. The number of carbonyl (C=O) groups is 1. The van der Waals surface area contributed by atoms with Crippen LogP contribution < -0.4 is 10.6 Å². The van der Waals surface area contributed by atoms with Crippen LogP contribution in [0, 0.1) is 6.92 Å². The number of aryl methyl sites for hydroxylation is 2. The molecule has 0 aliphatic carbocycles. The number of hydrogen-bond acceptors (Lipinski definition) is 2. The maximum Gasteiger partial charge on any atom is 0.246 e. The van der Waals surface area contributed by atoms with Gasteiger partial charge in [0.2, 0.25) is 5.91 Å². The van der Waals surface area contributed by atoms with Crippen molar-refractivity contribution in [3.63, 3.8) is 0 Å². The van der Waals surface area contributed by atoms with E-state index in [2.05, 4.69) is 23.6 Å². The number of rotatable bonds is 5. The Morgan fingerprint density at radius 1 is 1.10 bits per heavy atom. The molecule has 0 saturated carbocycles. The van der Waals surface area contributed by atoms with Gasteiger partial charge in [0.1, 0.15) is 6.04 Å². The molecule has 2 N–H and O–H groups in total.